The highest BCUT2D eigenvalue weighted by Crippen LogP contribution is 2.40. The number of thiazole rings is 1. The Kier molecular flexibility index (Phi) is 3.96. The Balaban J connectivity index is 1.86. The first-order valence-electron chi connectivity index (χ1n) is 7.63. The monoisotopic (exact) mass is 294 g/mol. The molecule has 2 atom stereocenters. The van der Waals surface area contributed by atoms with Crippen LogP contribution in [0.15, 0.2) is 0 Å². The normalized spacial score (nSPS) is 25.6. The first-order valence-corrected chi connectivity index (χ1v) is 8.45. The van der Waals surface area contributed by atoms with Crippen LogP contribution in [-0.4, -0.2) is 30.1 Å². The Morgan fingerprint density at radius 3 is 3.00 bits per heavy atom. The summed E-state index contributed by atoms with van der Waals surface area (Å²) in [5, 5.41) is 1.11. The van der Waals surface area contributed by atoms with Crippen molar-refractivity contribution < 1.29 is 9.53 Å². The van der Waals surface area contributed by atoms with Crippen molar-refractivity contribution in [3.63, 3.8) is 0 Å². The minimum atomic E-state index is -0.137. The van der Waals surface area contributed by atoms with Crippen LogP contribution in [0.1, 0.15) is 56.0 Å². The van der Waals surface area contributed by atoms with Crippen LogP contribution in [0.4, 0.5) is 5.13 Å². The molecule has 1 aromatic heterocycles. The molecule has 4 nitrogen and oxygen atoms in total. The smallest absolute Gasteiger partial charge is 0.315 e. The maximum absolute atomic E-state index is 12.1. The summed E-state index contributed by atoms with van der Waals surface area (Å²) in [7, 11) is 0. The Morgan fingerprint density at radius 2 is 2.30 bits per heavy atom. The quantitative estimate of drug-likeness (QED) is 0.803. The van der Waals surface area contributed by atoms with Gasteiger partial charge < -0.3 is 9.64 Å². The molecule has 0 amide bonds. The van der Waals surface area contributed by atoms with Gasteiger partial charge in [0.15, 0.2) is 5.13 Å². The zero-order chi connectivity index (χ0) is 14.1. The molecular weight excluding hydrogens is 272 g/mol. The number of anilines is 1. The zero-order valence-corrected chi connectivity index (χ0v) is 13.0. The van der Waals surface area contributed by atoms with E-state index in [4.69, 9.17) is 9.72 Å². The summed E-state index contributed by atoms with van der Waals surface area (Å²) in [5.41, 5.74) is 0.994. The van der Waals surface area contributed by atoms with E-state index in [1.54, 1.807) is 11.3 Å². The van der Waals surface area contributed by atoms with Gasteiger partial charge in [-0.25, -0.2) is 4.98 Å². The van der Waals surface area contributed by atoms with E-state index in [0.29, 0.717) is 12.6 Å². The lowest BCUT2D eigenvalue weighted by Gasteiger charge is -2.20. The molecule has 1 saturated heterocycles. The van der Waals surface area contributed by atoms with Gasteiger partial charge in [0.25, 0.3) is 0 Å². The van der Waals surface area contributed by atoms with Crippen LogP contribution in [0.25, 0.3) is 0 Å². The number of aryl methyl sites for hydroxylation is 1. The number of carbonyl (C=O) groups is 1. The van der Waals surface area contributed by atoms with Gasteiger partial charge in [-0.3, -0.25) is 4.79 Å². The van der Waals surface area contributed by atoms with Crippen LogP contribution in [0.3, 0.4) is 0 Å². The predicted octanol–water partition coefficient (Wildman–Crippen LogP) is 3.11. The van der Waals surface area contributed by atoms with Gasteiger partial charge in [0, 0.05) is 17.5 Å². The molecule has 0 aromatic carbocycles. The summed E-state index contributed by atoms with van der Waals surface area (Å²) < 4.78 is 5.21. The minimum absolute atomic E-state index is 0.0974. The number of fused-ring (bicyclic) bond motifs is 1. The highest BCUT2D eigenvalue weighted by Gasteiger charge is 2.33. The molecular formula is C15H22N2O2S. The molecule has 0 bridgehead atoms. The van der Waals surface area contributed by atoms with Gasteiger partial charge >= 0.3 is 5.97 Å². The van der Waals surface area contributed by atoms with Crippen LogP contribution in [-0.2, 0) is 16.0 Å². The van der Waals surface area contributed by atoms with Gasteiger partial charge in [-0.1, -0.05) is 0 Å². The highest BCUT2D eigenvalue weighted by atomic mass is 32.1. The second-order valence-electron chi connectivity index (χ2n) is 5.69. The number of rotatable bonds is 3. The number of aromatic nitrogens is 1. The fourth-order valence-electron chi connectivity index (χ4n) is 3.22. The number of hydrogen-bond donors (Lipinski definition) is 0. The Bertz CT molecular complexity index is 500. The van der Waals surface area contributed by atoms with E-state index in [1.165, 1.54) is 17.7 Å². The van der Waals surface area contributed by atoms with Crippen molar-refractivity contribution in [1.82, 2.24) is 4.98 Å². The molecule has 1 aromatic rings. The summed E-state index contributed by atoms with van der Waals surface area (Å²) in [6, 6.07) is 0.573. The van der Waals surface area contributed by atoms with Gasteiger partial charge in [0.05, 0.1) is 12.3 Å². The van der Waals surface area contributed by atoms with E-state index in [2.05, 4.69) is 11.8 Å². The molecule has 2 unspecified atom stereocenters. The lowest BCUT2D eigenvalue weighted by atomic mass is 9.91. The highest BCUT2D eigenvalue weighted by molar-refractivity contribution is 7.15. The van der Waals surface area contributed by atoms with E-state index in [9.17, 15) is 4.79 Å². The number of carbonyl (C=O) groups excluding carboxylic acids is 1. The fourth-order valence-corrected chi connectivity index (χ4v) is 4.51. The molecule has 0 N–H and O–H groups in total. The summed E-state index contributed by atoms with van der Waals surface area (Å²) in [5.74, 6) is -0.235. The van der Waals surface area contributed by atoms with Crippen molar-refractivity contribution in [3.8, 4) is 0 Å². The van der Waals surface area contributed by atoms with E-state index < -0.39 is 0 Å². The van der Waals surface area contributed by atoms with Crippen molar-refractivity contribution in [2.45, 2.75) is 57.9 Å². The largest absolute Gasteiger partial charge is 0.465 e. The van der Waals surface area contributed by atoms with Crippen molar-refractivity contribution in [2.24, 2.45) is 0 Å². The van der Waals surface area contributed by atoms with Crippen molar-refractivity contribution >= 4 is 22.4 Å². The maximum atomic E-state index is 12.1. The van der Waals surface area contributed by atoms with E-state index in [1.807, 2.05) is 6.92 Å². The van der Waals surface area contributed by atoms with E-state index in [0.717, 1.165) is 36.6 Å². The molecule has 2 heterocycles. The van der Waals surface area contributed by atoms with Crippen molar-refractivity contribution in [3.05, 3.63) is 10.6 Å². The molecule has 3 rings (SSSR count). The molecule has 2 aliphatic rings. The average molecular weight is 294 g/mol. The molecule has 20 heavy (non-hydrogen) atoms. The van der Waals surface area contributed by atoms with Gasteiger partial charge in [-0.2, -0.15) is 0 Å². The Hall–Kier alpha value is -1.10. The minimum Gasteiger partial charge on any atom is -0.465 e. The number of ether oxygens (including phenoxy) is 1. The third-order valence-corrected chi connectivity index (χ3v) is 5.48. The number of hydrogen-bond acceptors (Lipinski definition) is 5. The lowest BCUT2D eigenvalue weighted by Crippen LogP contribution is -2.26. The zero-order valence-electron chi connectivity index (χ0n) is 12.2. The van der Waals surface area contributed by atoms with Crippen LogP contribution in [0.5, 0.6) is 0 Å². The molecule has 0 spiro atoms. The molecule has 5 heteroatoms. The Labute approximate surface area is 124 Å². The third kappa shape index (κ3) is 2.43. The summed E-state index contributed by atoms with van der Waals surface area (Å²) in [4.78, 5) is 20.6. The third-order valence-electron chi connectivity index (χ3n) is 4.31. The molecule has 1 aliphatic heterocycles. The van der Waals surface area contributed by atoms with Gasteiger partial charge in [-0.05, 0) is 46.0 Å². The maximum Gasteiger partial charge on any atom is 0.315 e. The predicted molar refractivity (Wildman–Crippen MR) is 80.5 cm³/mol. The summed E-state index contributed by atoms with van der Waals surface area (Å²) in [6.07, 6.45) is 5.49. The average Bonchev–Trinajstić information content (AvgIpc) is 3.03. The molecule has 1 fully saturated rings. The van der Waals surface area contributed by atoms with Crippen LogP contribution >= 0.6 is 11.3 Å². The molecule has 1 aliphatic carbocycles. The SMILES string of the molecule is CCOC(=O)C1CCCc2sc(N3CCCC3C)nc21. The van der Waals surface area contributed by atoms with Crippen LogP contribution < -0.4 is 4.90 Å². The van der Waals surface area contributed by atoms with Crippen LogP contribution in [0.2, 0.25) is 0 Å². The topological polar surface area (TPSA) is 42.4 Å². The van der Waals surface area contributed by atoms with Gasteiger partial charge in [-0.15, -0.1) is 11.3 Å². The molecule has 110 valence electrons. The standard InChI is InChI=1S/C15H22N2O2S/c1-3-19-14(18)11-7-4-8-12-13(11)16-15(20-12)17-9-5-6-10(17)2/h10-11H,3-9H2,1-2H3. The number of esters is 1. The van der Waals surface area contributed by atoms with Crippen molar-refractivity contribution in [1.29, 1.82) is 0 Å². The summed E-state index contributed by atoms with van der Waals surface area (Å²) in [6.45, 7) is 5.67. The van der Waals surface area contributed by atoms with Gasteiger partial charge in [0.2, 0.25) is 0 Å². The Morgan fingerprint density at radius 1 is 1.45 bits per heavy atom. The van der Waals surface area contributed by atoms with E-state index >= 15 is 0 Å². The van der Waals surface area contributed by atoms with Crippen LogP contribution in [0, 0.1) is 0 Å². The molecule has 0 radical (unpaired) electrons. The lowest BCUT2D eigenvalue weighted by molar-refractivity contribution is -0.145. The van der Waals surface area contributed by atoms with Gasteiger partial charge in [0.1, 0.15) is 5.92 Å². The second-order valence-corrected chi connectivity index (χ2v) is 6.75. The van der Waals surface area contributed by atoms with Crippen molar-refractivity contribution in [2.75, 3.05) is 18.1 Å². The summed E-state index contributed by atoms with van der Waals surface area (Å²) >= 11 is 1.78. The second kappa shape index (κ2) is 5.72. The first kappa shape index (κ1) is 13.9. The fraction of sp³-hybridized carbons (Fsp3) is 0.733. The molecule has 0 saturated carbocycles. The number of nitrogens with zero attached hydrogens (tertiary/aromatic N) is 2. The first-order chi connectivity index (χ1) is 9.70. The van der Waals surface area contributed by atoms with E-state index in [-0.39, 0.29) is 11.9 Å².